The third-order valence-corrected chi connectivity index (χ3v) is 12.7. The number of methoxy groups -OCH3 is 1. The van der Waals surface area contributed by atoms with Gasteiger partial charge in [0.05, 0.1) is 41.4 Å². The zero-order chi connectivity index (χ0) is 41.0. The number of anilines is 1. The highest BCUT2D eigenvalue weighted by Gasteiger charge is 2.36. The summed E-state index contributed by atoms with van der Waals surface area (Å²) >= 11 is 0. The van der Waals surface area contributed by atoms with E-state index in [4.69, 9.17) is 14.2 Å². The molecule has 1 saturated carbocycles. The molecule has 13 nitrogen and oxygen atoms in total. The summed E-state index contributed by atoms with van der Waals surface area (Å²) < 4.78 is 11.3. The highest BCUT2D eigenvalue weighted by molar-refractivity contribution is 6.13. The SMILES string of the molecule is COc1cc2c(cc1N1CCN(C3CC(c4ccc([C@@H]5CCCNC5=O)cc4)C3)CC1)[nH]c1ncnc(-c3ccc([C@@H](C)NC(=O)c4nc(C(C)(C)C)no4)c(C)c3)c12. The van der Waals surface area contributed by atoms with Crippen molar-refractivity contribution < 1.29 is 18.8 Å². The minimum absolute atomic E-state index is 0.00943. The lowest BCUT2D eigenvalue weighted by molar-refractivity contribution is -0.123. The second kappa shape index (κ2) is 15.4. The summed E-state index contributed by atoms with van der Waals surface area (Å²) in [6, 6.07) is 19.6. The van der Waals surface area contributed by atoms with Crippen LogP contribution in [-0.4, -0.2) is 87.7 Å². The second-order valence-corrected chi connectivity index (χ2v) is 17.6. The van der Waals surface area contributed by atoms with Crippen molar-refractivity contribution in [2.75, 3.05) is 44.7 Å². The molecule has 0 unspecified atom stereocenters. The number of fused-ring (bicyclic) bond motifs is 3. The first-order valence-electron chi connectivity index (χ1n) is 20.9. The Morgan fingerprint density at radius 3 is 2.46 bits per heavy atom. The monoisotopic (exact) mass is 795 g/mol. The molecule has 2 aliphatic heterocycles. The van der Waals surface area contributed by atoms with E-state index in [0.717, 1.165) is 107 Å². The van der Waals surface area contributed by atoms with Gasteiger partial charge in [-0.25, -0.2) is 9.97 Å². The van der Waals surface area contributed by atoms with Crippen LogP contribution in [0.25, 0.3) is 33.2 Å². The van der Waals surface area contributed by atoms with Gasteiger partial charge in [-0.1, -0.05) is 62.3 Å². The van der Waals surface area contributed by atoms with Crippen LogP contribution in [0.15, 0.2) is 65.4 Å². The highest BCUT2D eigenvalue weighted by atomic mass is 16.5. The van der Waals surface area contributed by atoms with Crippen LogP contribution in [0.3, 0.4) is 0 Å². The number of aromatic amines is 1. The third kappa shape index (κ3) is 7.41. The number of carbonyl (C=O) groups excluding carboxylic acids is 2. The summed E-state index contributed by atoms with van der Waals surface area (Å²) in [7, 11) is 1.74. The average Bonchev–Trinajstić information content (AvgIpc) is 3.87. The summed E-state index contributed by atoms with van der Waals surface area (Å²) in [6.07, 6.45) is 5.93. The summed E-state index contributed by atoms with van der Waals surface area (Å²) in [5.74, 6) is 1.59. The number of H-pyrrole nitrogens is 1. The molecule has 3 N–H and O–H groups in total. The smallest absolute Gasteiger partial charge is 0.315 e. The number of ether oxygens (including phenoxy) is 1. The van der Waals surface area contributed by atoms with Gasteiger partial charge in [-0.3, -0.25) is 14.5 Å². The lowest BCUT2D eigenvalue weighted by atomic mass is 9.74. The van der Waals surface area contributed by atoms with E-state index in [9.17, 15) is 9.59 Å². The van der Waals surface area contributed by atoms with Gasteiger partial charge < -0.3 is 29.8 Å². The largest absolute Gasteiger partial charge is 0.495 e. The number of nitrogens with zero attached hydrogens (tertiary/aromatic N) is 6. The molecular formula is C46H53N9O4. The van der Waals surface area contributed by atoms with E-state index in [2.05, 4.69) is 83.0 Å². The van der Waals surface area contributed by atoms with Gasteiger partial charge >= 0.3 is 11.8 Å². The molecule has 3 fully saturated rings. The Bertz CT molecular complexity index is 2520. The van der Waals surface area contributed by atoms with E-state index < -0.39 is 5.91 Å². The minimum atomic E-state index is -0.409. The Morgan fingerprint density at radius 1 is 1.00 bits per heavy atom. The Labute approximate surface area is 344 Å². The molecule has 2 saturated heterocycles. The first-order valence-corrected chi connectivity index (χ1v) is 20.9. The number of hydrogen-bond donors (Lipinski definition) is 3. The number of benzene rings is 3. The zero-order valence-electron chi connectivity index (χ0n) is 34.8. The van der Waals surface area contributed by atoms with Crippen LogP contribution in [0.5, 0.6) is 5.75 Å². The molecule has 6 aromatic rings. The Kier molecular flexibility index (Phi) is 10.1. The Morgan fingerprint density at radius 2 is 1.76 bits per heavy atom. The van der Waals surface area contributed by atoms with Crippen molar-refractivity contribution in [2.45, 2.75) is 89.6 Å². The summed E-state index contributed by atoms with van der Waals surface area (Å²) in [4.78, 5) is 47.7. The maximum atomic E-state index is 13.0. The maximum Gasteiger partial charge on any atom is 0.315 e. The number of amides is 2. The lowest BCUT2D eigenvalue weighted by Crippen LogP contribution is -2.53. The number of hydrogen-bond acceptors (Lipinski definition) is 10. The standard InChI is InChI=1S/C46H53N9O4/c1-26-20-30(13-14-33(26)27(2)50-43(57)44-52-45(53-59-44)46(3,4)5)40-39-35-23-38(58-6)37(24-36(35)51-41(39)49-25-48-40)55-18-16-54(17-19-55)32-21-31(22-32)28-9-11-29(12-10-28)34-8-7-15-47-42(34)56/h9-14,20,23-25,27,31-32,34H,7-8,15-19,21-22H2,1-6H3,(H,47,56)(H,50,57)(H,48,49,51)/t27-,31?,32?,34+/m1/s1. The van der Waals surface area contributed by atoms with Gasteiger partial charge in [0.1, 0.15) is 17.7 Å². The van der Waals surface area contributed by atoms with Crippen molar-refractivity contribution in [1.82, 2.24) is 40.6 Å². The van der Waals surface area contributed by atoms with Crippen molar-refractivity contribution in [1.29, 1.82) is 0 Å². The first kappa shape index (κ1) is 38.7. The van der Waals surface area contributed by atoms with E-state index in [1.807, 2.05) is 46.8 Å². The molecule has 9 rings (SSSR count). The van der Waals surface area contributed by atoms with Gasteiger partial charge in [-0.15, -0.1) is 0 Å². The van der Waals surface area contributed by atoms with Gasteiger partial charge in [0, 0.05) is 55.1 Å². The van der Waals surface area contributed by atoms with Crippen LogP contribution in [0.4, 0.5) is 5.69 Å². The number of aryl methyl sites for hydroxylation is 1. The molecule has 306 valence electrons. The maximum absolute atomic E-state index is 13.0. The predicted octanol–water partition coefficient (Wildman–Crippen LogP) is 7.33. The Balaban J connectivity index is 0.869. The molecule has 13 heteroatoms. The molecule has 0 spiro atoms. The van der Waals surface area contributed by atoms with Gasteiger partial charge in [-0.2, -0.15) is 4.98 Å². The van der Waals surface area contributed by atoms with Crippen LogP contribution < -0.4 is 20.3 Å². The molecule has 3 aliphatic rings. The molecule has 2 atom stereocenters. The second-order valence-electron chi connectivity index (χ2n) is 17.6. The van der Waals surface area contributed by atoms with Crippen LogP contribution in [0, 0.1) is 6.92 Å². The van der Waals surface area contributed by atoms with Crippen molar-refractivity contribution >= 4 is 39.4 Å². The number of aromatic nitrogens is 5. The molecule has 1 aliphatic carbocycles. The molecule has 0 radical (unpaired) electrons. The fourth-order valence-electron chi connectivity index (χ4n) is 9.21. The van der Waals surface area contributed by atoms with E-state index >= 15 is 0 Å². The molecule has 59 heavy (non-hydrogen) atoms. The molecule has 0 bridgehead atoms. The fraction of sp³-hybridized carbons (Fsp3) is 0.435. The molecule has 3 aromatic carbocycles. The molecule has 5 heterocycles. The van der Waals surface area contributed by atoms with Gasteiger partial charge in [0.25, 0.3) is 0 Å². The van der Waals surface area contributed by atoms with E-state index in [1.165, 1.54) is 18.4 Å². The van der Waals surface area contributed by atoms with Crippen molar-refractivity contribution in [2.24, 2.45) is 0 Å². The number of carbonyl (C=O) groups is 2. The van der Waals surface area contributed by atoms with Gasteiger partial charge in [0.15, 0.2) is 5.82 Å². The molecular weight excluding hydrogens is 743 g/mol. The number of rotatable bonds is 9. The number of piperazine rings is 1. The molecule has 3 aromatic heterocycles. The van der Waals surface area contributed by atoms with Crippen LogP contribution in [0.1, 0.15) is 110 Å². The normalized spacial score (nSPS) is 20.7. The number of piperidine rings is 1. The van der Waals surface area contributed by atoms with Gasteiger partial charge in [0.2, 0.25) is 5.91 Å². The van der Waals surface area contributed by atoms with E-state index in [0.29, 0.717) is 17.8 Å². The van der Waals surface area contributed by atoms with Crippen LogP contribution in [0.2, 0.25) is 0 Å². The summed E-state index contributed by atoms with van der Waals surface area (Å²) in [6.45, 7) is 14.5. The zero-order valence-corrected chi connectivity index (χ0v) is 34.8. The van der Waals surface area contributed by atoms with E-state index in [1.54, 1.807) is 13.4 Å². The Hall–Kier alpha value is -5.82. The number of nitrogens with one attached hydrogen (secondary N) is 3. The third-order valence-electron chi connectivity index (χ3n) is 12.7. The minimum Gasteiger partial charge on any atom is -0.495 e. The van der Waals surface area contributed by atoms with Crippen molar-refractivity contribution in [3.8, 4) is 17.0 Å². The van der Waals surface area contributed by atoms with Crippen molar-refractivity contribution in [3.63, 3.8) is 0 Å². The lowest BCUT2D eigenvalue weighted by Gasteiger charge is -2.47. The fourth-order valence-corrected chi connectivity index (χ4v) is 9.21. The summed E-state index contributed by atoms with van der Waals surface area (Å²) in [5.41, 5.74) is 8.79. The average molecular weight is 796 g/mol. The van der Waals surface area contributed by atoms with Gasteiger partial charge in [-0.05, 0) is 85.9 Å². The first-order chi connectivity index (χ1) is 28.4. The highest BCUT2D eigenvalue weighted by Crippen LogP contribution is 2.43. The quantitative estimate of drug-likeness (QED) is 0.136. The topological polar surface area (TPSA) is 154 Å². The summed E-state index contributed by atoms with van der Waals surface area (Å²) in [5, 5.41) is 11.9. The van der Waals surface area contributed by atoms with Crippen molar-refractivity contribution in [3.05, 3.63) is 94.9 Å². The van der Waals surface area contributed by atoms with Crippen LogP contribution >= 0.6 is 0 Å². The van der Waals surface area contributed by atoms with E-state index in [-0.39, 0.29) is 29.2 Å². The predicted molar refractivity (Wildman–Crippen MR) is 228 cm³/mol. The van der Waals surface area contributed by atoms with Crippen LogP contribution in [-0.2, 0) is 10.2 Å². The molecule has 2 amide bonds.